The summed E-state index contributed by atoms with van der Waals surface area (Å²) in [5.41, 5.74) is 5.16. The SMILES string of the molecule is CC(C#CN)C(=O)c1cccc([N+](=O)[O-])c1. The molecule has 1 aromatic rings. The highest BCUT2D eigenvalue weighted by atomic mass is 16.6. The molecule has 5 nitrogen and oxygen atoms in total. The van der Waals surface area contributed by atoms with Crippen LogP contribution in [0.5, 0.6) is 0 Å². The van der Waals surface area contributed by atoms with Gasteiger partial charge in [0.15, 0.2) is 5.78 Å². The summed E-state index contributed by atoms with van der Waals surface area (Å²) in [4.78, 5) is 21.7. The Balaban J connectivity index is 3.03. The number of nitro groups is 1. The Hall–Kier alpha value is -2.35. The molecule has 0 aliphatic rings. The van der Waals surface area contributed by atoms with Crippen molar-refractivity contribution >= 4 is 11.5 Å². The lowest BCUT2D eigenvalue weighted by Gasteiger charge is -2.02. The molecule has 16 heavy (non-hydrogen) atoms. The Morgan fingerprint density at radius 3 is 2.81 bits per heavy atom. The van der Waals surface area contributed by atoms with Gasteiger partial charge in [0.05, 0.1) is 10.8 Å². The summed E-state index contributed by atoms with van der Waals surface area (Å²) < 4.78 is 0. The second-order valence-corrected chi connectivity index (χ2v) is 3.18. The molecule has 82 valence electrons. The average molecular weight is 218 g/mol. The third-order valence-corrected chi connectivity index (χ3v) is 2.03. The zero-order valence-electron chi connectivity index (χ0n) is 8.64. The highest BCUT2D eigenvalue weighted by Gasteiger charge is 2.15. The van der Waals surface area contributed by atoms with E-state index in [1.807, 2.05) is 0 Å². The molecular formula is C11H10N2O3. The Labute approximate surface area is 92.4 Å². The molecule has 0 aliphatic carbocycles. The van der Waals surface area contributed by atoms with Crippen LogP contribution in [0.25, 0.3) is 0 Å². The molecule has 0 radical (unpaired) electrons. The van der Waals surface area contributed by atoms with Gasteiger partial charge >= 0.3 is 0 Å². The van der Waals surface area contributed by atoms with Crippen LogP contribution >= 0.6 is 0 Å². The van der Waals surface area contributed by atoms with E-state index in [1.165, 1.54) is 24.3 Å². The highest BCUT2D eigenvalue weighted by molar-refractivity contribution is 5.99. The number of rotatable bonds is 3. The lowest BCUT2D eigenvalue weighted by molar-refractivity contribution is -0.384. The molecule has 1 atom stereocenters. The maximum Gasteiger partial charge on any atom is 0.270 e. The van der Waals surface area contributed by atoms with Crippen LogP contribution < -0.4 is 5.73 Å². The van der Waals surface area contributed by atoms with Crippen molar-refractivity contribution in [1.29, 1.82) is 0 Å². The Kier molecular flexibility index (Phi) is 3.62. The average Bonchev–Trinajstić information content (AvgIpc) is 2.28. The molecule has 0 aliphatic heterocycles. The molecule has 0 bridgehead atoms. The minimum Gasteiger partial charge on any atom is -0.359 e. The van der Waals surface area contributed by atoms with Gasteiger partial charge in [-0.25, -0.2) is 0 Å². The largest absolute Gasteiger partial charge is 0.359 e. The lowest BCUT2D eigenvalue weighted by Crippen LogP contribution is -2.10. The third-order valence-electron chi connectivity index (χ3n) is 2.03. The van der Waals surface area contributed by atoms with Gasteiger partial charge in [0.25, 0.3) is 5.69 Å². The number of nitrogens with zero attached hydrogens (tertiary/aromatic N) is 1. The summed E-state index contributed by atoms with van der Waals surface area (Å²) in [6.07, 6.45) is 0. The van der Waals surface area contributed by atoms with Crippen molar-refractivity contribution in [1.82, 2.24) is 0 Å². The van der Waals surface area contributed by atoms with Crippen LogP contribution in [-0.4, -0.2) is 10.7 Å². The minimum atomic E-state index is -0.563. The molecule has 2 N–H and O–H groups in total. The first kappa shape index (κ1) is 11.7. The minimum absolute atomic E-state index is 0.112. The monoisotopic (exact) mass is 218 g/mol. The van der Waals surface area contributed by atoms with Crippen molar-refractivity contribution in [2.75, 3.05) is 0 Å². The van der Waals surface area contributed by atoms with Gasteiger partial charge in [-0.05, 0) is 6.92 Å². The van der Waals surface area contributed by atoms with Gasteiger partial charge < -0.3 is 5.73 Å². The molecule has 0 heterocycles. The molecule has 0 saturated carbocycles. The van der Waals surface area contributed by atoms with E-state index in [4.69, 9.17) is 5.73 Å². The first-order chi connectivity index (χ1) is 7.56. The predicted octanol–water partition coefficient (Wildman–Crippen LogP) is 1.33. The predicted molar refractivity (Wildman–Crippen MR) is 58.6 cm³/mol. The fraction of sp³-hybridized carbons (Fsp3) is 0.182. The van der Waals surface area contributed by atoms with Crippen molar-refractivity contribution in [3.05, 3.63) is 39.9 Å². The van der Waals surface area contributed by atoms with Crippen LogP contribution in [0.15, 0.2) is 24.3 Å². The van der Waals surface area contributed by atoms with Crippen LogP contribution in [0.2, 0.25) is 0 Å². The van der Waals surface area contributed by atoms with Crippen LogP contribution in [-0.2, 0) is 0 Å². The van der Waals surface area contributed by atoms with E-state index in [0.717, 1.165) is 0 Å². The van der Waals surface area contributed by atoms with E-state index in [9.17, 15) is 14.9 Å². The van der Waals surface area contributed by atoms with Crippen LogP contribution in [0, 0.1) is 28.0 Å². The number of hydrogen-bond donors (Lipinski definition) is 1. The molecule has 0 amide bonds. The number of non-ortho nitro benzene ring substituents is 1. The summed E-state index contributed by atoms with van der Waals surface area (Å²) in [7, 11) is 0. The number of carbonyl (C=O) groups is 1. The fourth-order valence-electron chi connectivity index (χ4n) is 1.21. The summed E-state index contributed by atoms with van der Waals surface area (Å²) in [6.45, 7) is 1.60. The van der Waals surface area contributed by atoms with Gasteiger partial charge in [-0.3, -0.25) is 14.9 Å². The van der Waals surface area contributed by atoms with Crippen LogP contribution in [0.1, 0.15) is 17.3 Å². The maximum absolute atomic E-state index is 11.7. The molecule has 5 heteroatoms. The second-order valence-electron chi connectivity index (χ2n) is 3.18. The first-order valence-corrected chi connectivity index (χ1v) is 4.56. The molecule has 1 unspecified atom stereocenters. The standard InChI is InChI=1S/C11H10N2O3/c1-8(5-6-12)11(14)9-3-2-4-10(7-9)13(15)16/h2-4,7-8H,12H2,1H3. The van der Waals surface area contributed by atoms with E-state index in [1.54, 1.807) is 6.92 Å². The van der Waals surface area contributed by atoms with Crippen molar-refractivity contribution in [3.63, 3.8) is 0 Å². The summed E-state index contributed by atoms with van der Waals surface area (Å²) >= 11 is 0. The van der Waals surface area contributed by atoms with Gasteiger partial charge in [-0.1, -0.05) is 18.1 Å². The molecule has 1 rings (SSSR count). The topological polar surface area (TPSA) is 86.2 Å². The lowest BCUT2D eigenvalue weighted by atomic mass is 10.00. The van der Waals surface area contributed by atoms with Crippen molar-refractivity contribution in [3.8, 4) is 12.0 Å². The van der Waals surface area contributed by atoms with Gasteiger partial charge in [-0.2, -0.15) is 0 Å². The Morgan fingerprint density at radius 2 is 2.25 bits per heavy atom. The van der Waals surface area contributed by atoms with Crippen LogP contribution in [0.4, 0.5) is 5.69 Å². The summed E-state index contributed by atoms with van der Waals surface area (Å²) in [5, 5.41) is 10.5. The summed E-state index contributed by atoms with van der Waals surface area (Å²) in [5.74, 6) is 1.66. The zero-order valence-corrected chi connectivity index (χ0v) is 8.64. The first-order valence-electron chi connectivity index (χ1n) is 4.56. The van der Waals surface area contributed by atoms with E-state index in [-0.39, 0.29) is 17.0 Å². The quantitative estimate of drug-likeness (QED) is 0.272. The number of Topliss-reactive ketones (excluding diaryl/α,β-unsaturated/α-hetero) is 1. The van der Waals surface area contributed by atoms with Gasteiger partial charge in [0, 0.05) is 23.7 Å². The normalized spacial score (nSPS) is 11.1. The number of hydrogen-bond acceptors (Lipinski definition) is 4. The fourth-order valence-corrected chi connectivity index (χ4v) is 1.21. The Bertz CT molecular complexity index is 485. The number of nitro benzene ring substituents is 1. The molecule has 1 aromatic carbocycles. The molecule has 0 spiro atoms. The number of nitrogens with two attached hydrogens (primary N) is 1. The van der Waals surface area contributed by atoms with Crippen molar-refractivity contribution in [2.45, 2.75) is 6.92 Å². The zero-order chi connectivity index (χ0) is 12.1. The molecular weight excluding hydrogens is 208 g/mol. The second kappa shape index (κ2) is 4.94. The number of ketones is 1. The van der Waals surface area contributed by atoms with Gasteiger partial charge in [0.2, 0.25) is 0 Å². The van der Waals surface area contributed by atoms with E-state index < -0.39 is 10.8 Å². The van der Waals surface area contributed by atoms with Crippen LogP contribution in [0.3, 0.4) is 0 Å². The number of carbonyl (C=O) groups excluding carboxylic acids is 1. The third kappa shape index (κ3) is 2.58. The van der Waals surface area contributed by atoms with E-state index >= 15 is 0 Å². The highest BCUT2D eigenvalue weighted by Crippen LogP contribution is 2.15. The molecule has 0 fully saturated rings. The molecule has 0 aromatic heterocycles. The van der Waals surface area contributed by atoms with Gasteiger partial charge in [0.1, 0.15) is 0 Å². The summed E-state index contributed by atoms with van der Waals surface area (Å²) in [6, 6.07) is 7.70. The smallest absolute Gasteiger partial charge is 0.270 e. The number of benzene rings is 1. The van der Waals surface area contributed by atoms with Crippen molar-refractivity contribution < 1.29 is 9.72 Å². The van der Waals surface area contributed by atoms with Gasteiger partial charge in [-0.15, -0.1) is 0 Å². The Morgan fingerprint density at radius 1 is 1.56 bits per heavy atom. The molecule has 0 saturated heterocycles. The maximum atomic E-state index is 11.7. The van der Waals surface area contributed by atoms with Crippen molar-refractivity contribution in [2.24, 2.45) is 11.7 Å². The van der Waals surface area contributed by atoms with E-state index in [2.05, 4.69) is 12.0 Å². The van der Waals surface area contributed by atoms with E-state index in [0.29, 0.717) is 0 Å².